The van der Waals surface area contributed by atoms with E-state index in [1.807, 2.05) is 39.9 Å². The summed E-state index contributed by atoms with van der Waals surface area (Å²) in [5.74, 6) is -0.0899. The molecule has 4 heterocycles. The normalized spacial score (nSPS) is 20.5. The molecule has 0 bridgehead atoms. The number of morpholine rings is 1. The Morgan fingerprint density at radius 1 is 1.32 bits per heavy atom. The second-order valence-electron chi connectivity index (χ2n) is 7.40. The van der Waals surface area contributed by atoms with Crippen LogP contribution in [0.15, 0.2) is 55.5 Å². The molecule has 0 radical (unpaired) electrons. The van der Waals surface area contributed by atoms with Crippen molar-refractivity contribution in [1.82, 2.24) is 19.3 Å². The monoisotopic (exact) mass is 394 g/mol. The van der Waals surface area contributed by atoms with E-state index in [0.717, 1.165) is 35.3 Å². The van der Waals surface area contributed by atoms with Gasteiger partial charge in [-0.05, 0) is 48.7 Å². The van der Waals surface area contributed by atoms with E-state index in [4.69, 9.17) is 16.3 Å². The van der Waals surface area contributed by atoms with Gasteiger partial charge in [0, 0.05) is 24.2 Å². The average Bonchev–Trinajstić information content (AvgIpc) is 3.28. The molecule has 1 atom stereocenters. The summed E-state index contributed by atoms with van der Waals surface area (Å²) in [5.41, 5.74) is 3.23. The molecule has 0 aromatic carbocycles. The minimum Gasteiger partial charge on any atom is -0.371 e. The summed E-state index contributed by atoms with van der Waals surface area (Å²) in [6.07, 6.45) is 8.93. The Morgan fingerprint density at radius 3 is 2.96 bits per heavy atom. The zero-order valence-electron chi connectivity index (χ0n) is 15.2. The number of amides is 1. The van der Waals surface area contributed by atoms with Crippen molar-refractivity contribution < 1.29 is 9.53 Å². The Morgan fingerprint density at radius 2 is 2.18 bits per heavy atom. The zero-order chi connectivity index (χ0) is 19.3. The molecule has 3 aromatic heterocycles. The molecule has 3 aromatic rings. The molecule has 1 unspecified atom stereocenters. The van der Waals surface area contributed by atoms with Crippen LogP contribution in [-0.2, 0) is 9.53 Å². The van der Waals surface area contributed by atoms with Gasteiger partial charge in [-0.3, -0.25) is 4.79 Å². The van der Waals surface area contributed by atoms with Crippen LogP contribution in [0.3, 0.4) is 0 Å². The fourth-order valence-electron chi connectivity index (χ4n) is 3.81. The van der Waals surface area contributed by atoms with Crippen LogP contribution in [0.1, 0.15) is 24.4 Å². The highest BCUT2D eigenvalue weighted by molar-refractivity contribution is 6.29. The van der Waals surface area contributed by atoms with Gasteiger partial charge in [0.05, 0.1) is 30.5 Å². The van der Waals surface area contributed by atoms with Crippen molar-refractivity contribution in [3.8, 4) is 11.3 Å². The molecule has 2 aliphatic rings. The molecule has 7 heteroatoms. The lowest BCUT2D eigenvalue weighted by molar-refractivity contribution is -0.143. The molecule has 6 nitrogen and oxygen atoms in total. The molecule has 5 rings (SSSR count). The second kappa shape index (κ2) is 6.43. The van der Waals surface area contributed by atoms with Crippen LogP contribution in [0.5, 0.6) is 0 Å². The van der Waals surface area contributed by atoms with E-state index in [1.165, 1.54) is 6.08 Å². The van der Waals surface area contributed by atoms with E-state index in [2.05, 4.69) is 16.5 Å². The third kappa shape index (κ3) is 2.99. The lowest BCUT2D eigenvalue weighted by Gasteiger charge is -2.40. The first-order chi connectivity index (χ1) is 13.6. The van der Waals surface area contributed by atoms with Crippen LogP contribution in [0.4, 0.5) is 0 Å². The zero-order valence-corrected chi connectivity index (χ0v) is 16.0. The number of hydrogen-bond donors (Lipinski definition) is 0. The number of carbonyl (C=O) groups excluding carboxylic acids is 1. The SMILES string of the molecule is C=CC(=O)N1CC2(CC2)OCC1c1cc(Cl)nc(-c2ccn3ccnc3c2)c1. The molecule has 28 heavy (non-hydrogen) atoms. The summed E-state index contributed by atoms with van der Waals surface area (Å²) < 4.78 is 8.03. The Bertz CT molecular complexity index is 1090. The van der Waals surface area contributed by atoms with E-state index in [-0.39, 0.29) is 17.6 Å². The lowest BCUT2D eigenvalue weighted by atomic mass is 10.0. The van der Waals surface area contributed by atoms with Crippen molar-refractivity contribution in [2.45, 2.75) is 24.5 Å². The fourth-order valence-corrected chi connectivity index (χ4v) is 4.02. The van der Waals surface area contributed by atoms with Gasteiger partial charge in [0.15, 0.2) is 0 Å². The Hall–Kier alpha value is -2.70. The maximum atomic E-state index is 12.5. The molecule has 1 aliphatic carbocycles. The standard InChI is InChI=1S/C21H19ClN4O2/c1-2-20(27)26-13-21(4-5-21)28-12-17(26)15-9-16(24-18(22)10-15)14-3-7-25-8-6-23-19(25)11-14/h2-3,6-11,17H,1,4-5,12-13H2. The summed E-state index contributed by atoms with van der Waals surface area (Å²) in [7, 11) is 0. The van der Waals surface area contributed by atoms with Crippen LogP contribution in [0.25, 0.3) is 16.9 Å². The molecule has 1 saturated carbocycles. The summed E-state index contributed by atoms with van der Waals surface area (Å²) in [4.78, 5) is 23.2. The minimum atomic E-state index is -0.217. The maximum absolute atomic E-state index is 12.5. The molecular formula is C21H19ClN4O2. The number of rotatable bonds is 3. The number of aromatic nitrogens is 3. The molecule has 1 spiro atoms. The molecule has 142 valence electrons. The van der Waals surface area contributed by atoms with Crippen molar-refractivity contribution in [2.24, 2.45) is 0 Å². The molecular weight excluding hydrogens is 376 g/mol. The molecule has 1 amide bonds. The van der Waals surface area contributed by atoms with E-state index in [9.17, 15) is 4.79 Å². The number of pyridine rings is 2. The van der Waals surface area contributed by atoms with Crippen molar-refractivity contribution >= 4 is 23.2 Å². The number of carbonyl (C=O) groups is 1. The third-order valence-corrected chi connectivity index (χ3v) is 5.74. The minimum absolute atomic E-state index is 0.0899. The summed E-state index contributed by atoms with van der Waals surface area (Å²) in [6, 6.07) is 7.50. The average molecular weight is 395 g/mol. The second-order valence-corrected chi connectivity index (χ2v) is 7.78. The summed E-state index contributed by atoms with van der Waals surface area (Å²) in [5, 5.41) is 0.383. The van der Waals surface area contributed by atoms with Gasteiger partial charge >= 0.3 is 0 Å². The smallest absolute Gasteiger partial charge is 0.246 e. The van der Waals surface area contributed by atoms with Gasteiger partial charge in [-0.2, -0.15) is 0 Å². The molecule has 1 aliphatic heterocycles. The third-order valence-electron chi connectivity index (χ3n) is 5.54. The number of ether oxygens (including phenoxy) is 1. The molecule has 1 saturated heterocycles. The van der Waals surface area contributed by atoms with Gasteiger partial charge in [0.25, 0.3) is 0 Å². The van der Waals surface area contributed by atoms with Crippen molar-refractivity contribution in [2.75, 3.05) is 13.2 Å². The number of halogens is 1. The van der Waals surface area contributed by atoms with Gasteiger partial charge in [-0.25, -0.2) is 9.97 Å². The van der Waals surface area contributed by atoms with Crippen LogP contribution in [-0.4, -0.2) is 43.9 Å². The van der Waals surface area contributed by atoms with E-state index >= 15 is 0 Å². The predicted octanol–water partition coefficient (Wildman–Crippen LogP) is 3.67. The Balaban J connectivity index is 1.54. The number of imidazole rings is 1. The lowest BCUT2D eigenvalue weighted by Crippen LogP contribution is -2.48. The van der Waals surface area contributed by atoms with Gasteiger partial charge in [0.1, 0.15) is 10.8 Å². The first-order valence-electron chi connectivity index (χ1n) is 9.24. The molecule has 2 fully saturated rings. The summed E-state index contributed by atoms with van der Waals surface area (Å²) in [6.45, 7) is 4.68. The van der Waals surface area contributed by atoms with Gasteiger partial charge < -0.3 is 14.0 Å². The van der Waals surface area contributed by atoms with Gasteiger partial charge in [-0.15, -0.1) is 0 Å². The Kier molecular flexibility index (Phi) is 4.00. The van der Waals surface area contributed by atoms with Crippen molar-refractivity contribution in [3.05, 3.63) is 66.2 Å². The van der Waals surface area contributed by atoms with E-state index in [0.29, 0.717) is 18.3 Å². The fraction of sp³-hybridized carbons (Fsp3) is 0.286. The maximum Gasteiger partial charge on any atom is 0.246 e. The highest BCUT2D eigenvalue weighted by Crippen LogP contribution is 2.46. The van der Waals surface area contributed by atoms with Gasteiger partial charge in [-0.1, -0.05) is 18.2 Å². The van der Waals surface area contributed by atoms with Crippen LogP contribution < -0.4 is 0 Å². The first kappa shape index (κ1) is 17.4. The topological polar surface area (TPSA) is 59.7 Å². The van der Waals surface area contributed by atoms with Crippen molar-refractivity contribution in [1.29, 1.82) is 0 Å². The van der Waals surface area contributed by atoms with E-state index in [1.54, 1.807) is 12.3 Å². The largest absolute Gasteiger partial charge is 0.371 e. The van der Waals surface area contributed by atoms with E-state index < -0.39 is 0 Å². The number of hydrogen-bond acceptors (Lipinski definition) is 4. The van der Waals surface area contributed by atoms with Gasteiger partial charge in [0.2, 0.25) is 5.91 Å². The van der Waals surface area contributed by atoms with Crippen LogP contribution in [0, 0.1) is 0 Å². The Labute approximate surface area is 167 Å². The highest BCUT2D eigenvalue weighted by Gasteiger charge is 2.51. The van der Waals surface area contributed by atoms with Crippen molar-refractivity contribution in [3.63, 3.8) is 0 Å². The highest BCUT2D eigenvalue weighted by atomic mass is 35.5. The first-order valence-corrected chi connectivity index (χ1v) is 9.62. The quantitative estimate of drug-likeness (QED) is 0.502. The van der Waals surface area contributed by atoms with Crippen LogP contribution in [0.2, 0.25) is 5.15 Å². The molecule has 0 N–H and O–H groups in total. The van der Waals surface area contributed by atoms with Crippen LogP contribution >= 0.6 is 11.6 Å². The number of fused-ring (bicyclic) bond motifs is 1. The summed E-state index contributed by atoms with van der Waals surface area (Å²) >= 11 is 6.35. The number of nitrogens with zero attached hydrogens (tertiary/aromatic N) is 4. The predicted molar refractivity (Wildman–Crippen MR) is 106 cm³/mol.